The highest BCUT2D eigenvalue weighted by Gasteiger charge is 2.45. The van der Waals surface area contributed by atoms with Gasteiger partial charge >= 0.3 is 6.18 Å². The van der Waals surface area contributed by atoms with E-state index in [1.54, 1.807) is 13.2 Å². The lowest BCUT2D eigenvalue weighted by atomic mass is 9.75. The summed E-state index contributed by atoms with van der Waals surface area (Å²) in [7, 11) is 1.56. The molecule has 2 rings (SSSR count). The van der Waals surface area contributed by atoms with Crippen molar-refractivity contribution in [1.29, 1.82) is 0 Å². The first kappa shape index (κ1) is 15.2. The van der Waals surface area contributed by atoms with Gasteiger partial charge in [-0.3, -0.25) is 0 Å². The van der Waals surface area contributed by atoms with Crippen molar-refractivity contribution in [2.24, 2.45) is 5.92 Å². The molecule has 1 aromatic carbocycles. The molecule has 0 unspecified atom stereocenters. The Morgan fingerprint density at radius 2 is 1.95 bits per heavy atom. The molecule has 0 saturated heterocycles. The molecule has 0 atom stereocenters. The molecule has 1 aliphatic rings. The molecule has 1 N–H and O–H groups in total. The fraction of sp³-hybridized carbons (Fsp3) is 0.600. The van der Waals surface area contributed by atoms with Crippen LogP contribution in [0.25, 0.3) is 0 Å². The van der Waals surface area contributed by atoms with Crippen LogP contribution in [0.15, 0.2) is 24.3 Å². The van der Waals surface area contributed by atoms with E-state index in [0.717, 1.165) is 5.56 Å². The van der Waals surface area contributed by atoms with Crippen LogP contribution in [-0.2, 0) is 6.42 Å². The largest absolute Gasteiger partial charge is 0.497 e. The van der Waals surface area contributed by atoms with Gasteiger partial charge in [-0.15, -0.1) is 0 Å². The predicted octanol–water partition coefficient (Wildman–Crippen LogP) is 3.72. The Balaban J connectivity index is 1.99. The number of benzene rings is 1. The van der Waals surface area contributed by atoms with Gasteiger partial charge in [-0.2, -0.15) is 13.2 Å². The van der Waals surface area contributed by atoms with Crippen molar-refractivity contribution in [2.75, 3.05) is 7.11 Å². The van der Waals surface area contributed by atoms with Gasteiger partial charge < -0.3 is 9.84 Å². The summed E-state index contributed by atoms with van der Waals surface area (Å²) >= 11 is 0. The van der Waals surface area contributed by atoms with E-state index in [4.69, 9.17) is 4.74 Å². The lowest BCUT2D eigenvalue weighted by Gasteiger charge is -2.36. The highest BCUT2D eigenvalue weighted by molar-refractivity contribution is 5.29. The minimum absolute atomic E-state index is 0.00394. The Hall–Kier alpha value is -1.23. The Labute approximate surface area is 116 Å². The van der Waals surface area contributed by atoms with Crippen LogP contribution in [0.1, 0.15) is 31.2 Å². The Kier molecular flexibility index (Phi) is 4.28. The Morgan fingerprint density at radius 1 is 1.30 bits per heavy atom. The average Bonchev–Trinajstić information content (AvgIpc) is 2.38. The molecule has 112 valence electrons. The standard InChI is InChI=1S/C15H19F3O2/c1-20-13-4-2-3-11(9-13)10-14(19)7-5-12(6-8-14)15(16,17)18/h2-4,9,12,19H,5-8,10H2,1H3. The summed E-state index contributed by atoms with van der Waals surface area (Å²) < 4.78 is 43.0. The van der Waals surface area contributed by atoms with Gasteiger partial charge in [-0.1, -0.05) is 12.1 Å². The number of methoxy groups -OCH3 is 1. The molecule has 0 amide bonds. The van der Waals surface area contributed by atoms with Gasteiger partial charge in [0.2, 0.25) is 0 Å². The fourth-order valence-electron chi connectivity index (χ4n) is 2.82. The number of rotatable bonds is 3. The van der Waals surface area contributed by atoms with Crippen molar-refractivity contribution in [2.45, 2.75) is 43.9 Å². The van der Waals surface area contributed by atoms with Gasteiger partial charge in [0.1, 0.15) is 5.75 Å². The third-order valence-electron chi connectivity index (χ3n) is 4.05. The van der Waals surface area contributed by atoms with Crippen LogP contribution >= 0.6 is 0 Å². The van der Waals surface area contributed by atoms with Gasteiger partial charge in [-0.25, -0.2) is 0 Å². The lowest BCUT2D eigenvalue weighted by molar-refractivity contribution is -0.192. The van der Waals surface area contributed by atoms with Crippen molar-refractivity contribution >= 4 is 0 Å². The quantitative estimate of drug-likeness (QED) is 0.918. The SMILES string of the molecule is COc1cccc(CC2(O)CCC(C(F)(F)F)CC2)c1. The Morgan fingerprint density at radius 3 is 2.50 bits per heavy atom. The summed E-state index contributed by atoms with van der Waals surface area (Å²) in [6.45, 7) is 0. The molecule has 2 nitrogen and oxygen atoms in total. The topological polar surface area (TPSA) is 29.5 Å². The fourth-order valence-corrected chi connectivity index (χ4v) is 2.82. The molecule has 0 heterocycles. The smallest absolute Gasteiger partial charge is 0.391 e. The summed E-state index contributed by atoms with van der Waals surface area (Å²) in [4.78, 5) is 0. The molecular weight excluding hydrogens is 269 g/mol. The maximum absolute atomic E-state index is 12.6. The van der Waals surface area contributed by atoms with E-state index in [-0.39, 0.29) is 25.7 Å². The van der Waals surface area contributed by atoms with E-state index in [2.05, 4.69) is 0 Å². The van der Waals surface area contributed by atoms with Gasteiger partial charge in [0.05, 0.1) is 18.6 Å². The van der Waals surface area contributed by atoms with Crippen molar-refractivity contribution in [3.8, 4) is 5.75 Å². The maximum atomic E-state index is 12.6. The third kappa shape index (κ3) is 3.66. The zero-order chi connectivity index (χ0) is 14.8. The van der Waals surface area contributed by atoms with Crippen molar-refractivity contribution in [3.05, 3.63) is 29.8 Å². The van der Waals surface area contributed by atoms with Gasteiger partial charge in [0, 0.05) is 6.42 Å². The van der Waals surface area contributed by atoms with Crippen LogP contribution in [-0.4, -0.2) is 24.0 Å². The van der Waals surface area contributed by atoms with Crippen LogP contribution in [0.5, 0.6) is 5.75 Å². The predicted molar refractivity (Wildman–Crippen MR) is 69.7 cm³/mol. The van der Waals surface area contributed by atoms with Crippen molar-refractivity contribution in [1.82, 2.24) is 0 Å². The first-order chi connectivity index (χ1) is 9.32. The number of hydrogen-bond donors (Lipinski definition) is 1. The minimum atomic E-state index is -4.14. The monoisotopic (exact) mass is 288 g/mol. The zero-order valence-corrected chi connectivity index (χ0v) is 11.4. The second kappa shape index (κ2) is 5.64. The van der Waals surface area contributed by atoms with Crippen LogP contribution in [0.3, 0.4) is 0 Å². The number of hydrogen-bond acceptors (Lipinski definition) is 2. The van der Waals surface area contributed by atoms with E-state index in [9.17, 15) is 18.3 Å². The molecule has 5 heteroatoms. The van der Waals surface area contributed by atoms with E-state index in [0.29, 0.717) is 12.2 Å². The number of halogens is 3. The number of aliphatic hydroxyl groups is 1. The summed E-state index contributed by atoms with van der Waals surface area (Å²) in [5, 5.41) is 10.5. The first-order valence-electron chi connectivity index (χ1n) is 6.74. The molecule has 0 bridgehead atoms. The van der Waals surface area contributed by atoms with Crippen LogP contribution in [0.2, 0.25) is 0 Å². The van der Waals surface area contributed by atoms with E-state index in [1.165, 1.54) is 0 Å². The molecule has 0 aliphatic heterocycles. The lowest BCUT2D eigenvalue weighted by Crippen LogP contribution is -2.39. The van der Waals surface area contributed by atoms with Crippen LogP contribution < -0.4 is 4.74 Å². The third-order valence-corrected chi connectivity index (χ3v) is 4.05. The summed E-state index contributed by atoms with van der Waals surface area (Å²) in [5.41, 5.74) is -0.147. The molecule has 1 aliphatic carbocycles. The summed E-state index contributed by atoms with van der Waals surface area (Å²) in [5.74, 6) is -0.580. The second-order valence-electron chi connectivity index (χ2n) is 5.57. The minimum Gasteiger partial charge on any atom is -0.497 e. The van der Waals surface area contributed by atoms with Gasteiger partial charge in [-0.05, 0) is 43.4 Å². The number of alkyl halides is 3. The van der Waals surface area contributed by atoms with E-state index in [1.807, 2.05) is 18.2 Å². The molecule has 1 aromatic rings. The maximum Gasteiger partial charge on any atom is 0.391 e. The zero-order valence-electron chi connectivity index (χ0n) is 11.4. The van der Waals surface area contributed by atoms with Crippen LogP contribution in [0, 0.1) is 5.92 Å². The van der Waals surface area contributed by atoms with E-state index < -0.39 is 17.7 Å². The van der Waals surface area contributed by atoms with Crippen LogP contribution in [0.4, 0.5) is 13.2 Å². The van der Waals surface area contributed by atoms with E-state index >= 15 is 0 Å². The van der Waals surface area contributed by atoms with Gasteiger partial charge in [0.15, 0.2) is 0 Å². The number of ether oxygens (including phenoxy) is 1. The van der Waals surface area contributed by atoms with Gasteiger partial charge in [0.25, 0.3) is 0 Å². The van der Waals surface area contributed by atoms with Crippen molar-refractivity contribution < 1.29 is 23.0 Å². The average molecular weight is 288 g/mol. The molecule has 20 heavy (non-hydrogen) atoms. The first-order valence-corrected chi connectivity index (χ1v) is 6.74. The highest BCUT2D eigenvalue weighted by Crippen LogP contribution is 2.42. The normalized spacial score (nSPS) is 27.4. The summed E-state index contributed by atoms with van der Waals surface area (Å²) in [6.07, 6.45) is -3.39. The highest BCUT2D eigenvalue weighted by atomic mass is 19.4. The molecule has 0 radical (unpaired) electrons. The molecule has 0 aromatic heterocycles. The second-order valence-corrected chi connectivity index (χ2v) is 5.57. The molecule has 1 saturated carbocycles. The molecule has 0 spiro atoms. The summed E-state index contributed by atoms with van der Waals surface area (Å²) in [6, 6.07) is 7.29. The molecular formula is C15H19F3O2. The molecule has 1 fully saturated rings. The Bertz CT molecular complexity index is 449. The van der Waals surface area contributed by atoms with Crippen molar-refractivity contribution in [3.63, 3.8) is 0 Å².